The zero-order valence-corrected chi connectivity index (χ0v) is 14.2. The molecule has 0 amide bonds. The number of piperidine rings is 1. The molecule has 1 fully saturated rings. The van der Waals surface area contributed by atoms with Crippen LogP contribution in [0.15, 0.2) is 27.6 Å². The van der Waals surface area contributed by atoms with Gasteiger partial charge in [0.15, 0.2) is 0 Å². The molecule has 1 heterocycles. The van der Waals surface area contributed by atoms with E-state index in [4.69, 9.17) is 11.6 Å². The van der Waals surface area contributed by atoms with Crippen LogP contribution in [0.5, 0.6) is 0 Å². The summed E-state index contributed by atoms with van der Waals surface area (Å²) in [5.74, 6) is 0.543. The molecule has 1 aromatic carbocycles. The normalized spacial score (nSPS) is 20.0. The Bertz CT molecular complexity index is 539. The molecular weight excluding hydrogens is 364 g/mol. The van der Waals surface area contributed by atoms with Crippen LogP contribution >= 0.6 is 27.5 Å². The molecule has 0 bridgehead atoms. The van der Waals surface area contributed by atoms with Crippen LogP contribution in [0.4, 0.5) is 0 Å². The summed E-state index contributed by atoms with van der Waals surface area (Å²) in [5, 5.41) is 3.55. The lowest BCUT2D eigenvalue weighted by Crippen LogP contribution is -2.33. The van der Waals surface area contributed by atoms with Crippen LogP contribution in [0.2, 0.25) is 5.02 Å². The molecule has 1 aliphatic rings. The lowest BCUT2D eigenvalue weighted by Gasteiger charge is -2.22. The Morgan fingerprint density at radius 1 is 1.45 bits per heavy atom. The zero-order chi connectivity index (χ0) is 14.6. The average molecular weight is 382 g/mol. The molecule has 0 aromatic heterocycles. The minimum Gasteiger partial charge on any atom is -0.316 e. The highest BCUT2D eigenvalue weighted by Gasteiger charge is 2.21. The van der Waals surface area contributed by atoms with Crippen LogP contribution in [0.1, 0.15) is 19.3 Å². The van der Waals surface area contributed by atoms with Gasteiger partial charge in [-0.25, -0.2) is 13.1 Å². The smallest absolute Gasteiger partial charge is 0.243 e. The zero-order valence-electron chi connectivity index (χ0n) is 11.0. The van der Waals surface area contributed by atoms with Gasteiger partial charge in [-0.2, -0.15) is 0 Å². The molecule has 2 N–H and O–H groups in total. The van der Waals surface area contributed by atoms with Gasteiger partial charge in [0, 0.05) is 11.0 Å². The van der Waals surface area contributed by atoms with Crippen molar-refractivity contribution in [1.82, 2.24) is 10.0 Å². The van der Waals surface area contributed by atoms with Gasteiger partial charge in [-0.3, -0.25) is 0 Å². The van der Waals surface area contributed by atoms with Gasteiger partial charge in [-0.1, -0.05) is 17.7 Å². The van der Waals surface area contributed by atoms with Crippen molar-refractivity contribution < 1.29 is 8.42 Å². The molecule has 1 unspecified atom stereocenters. The number of sulfonamides is 1. The van der Waals surface area contributed by atoms with E-state index in [9.17, 15) is 8.42 Å². The molecule has 1 aliphatic heterocycles. The molecule has 1 saturated heterocycles. The van der Waals surface area contributed by atoms with Crippen LogP contribution in [-0.2, 0) is 10.0 Å². The lowest BCUT2D eigenvalue weighted by molar-refractivity contribution is 0.358. The van der Waals surface area contributed by atoms with Gasteiger partial charge in [0.2, 0.25) is 10.0 Å². The fourth-order valence-corrected chi connectivity index (χ4v) is 5.16. The van der Waals surface area contributed by atoms with Gasteiger partial charge in [-0.05, 0) is 66.3 Å². The topological polar surface area (TPSA) is 58.2 Å². The lowest BCUT2D eigenvalue weighted by atomic mass is 9.96. The van der Waals surface area contributed by atoms with Gasteiger partial charge in [-0.15, -0.1) is 0 Å². The third kappa shape index (κ3) is 4.18. The molecule has 0 saturated carbocycles. The third-order valence-electron chi connectivity index (χ3n) is 3.43. The first-order valence-corrected chi connectivity index (χ1v) is 9.30. The van der Waals surface area contributed by atoms with Crippen molar-refractivity contribution in [2.24, 2.45) is 5.92 Å². The highest BCUT2D eigenvalue weighted by atomic mass is 79.9. The molecule has 1 aromatic rings. The summed E-state index contributed by atoms with van der Waals surface area (Å²) in [4.78, 5) is 0.114. The summed E-state index contributed by atoms with van der Waals surface area (Å²) in [6.07, 6.45) is 3.16. The Balaban J connectivity index is 1.97. The molecule has 20 heavy (non-hydrogen) atoms. The number of hydrogen-bond acceptors (Lipinski definition) is 3. The van der Waals surface area contributed by atoms with Crippen molar-refractivity contribution in [3.8, 4) is 0 Å². The minimum absolute atomic E-state index is 0.114. The van der Waals surface area contributed by atoms with Gasteiger partial charge >= 0.3 is 0 Å². The molecule has 112 valence electrons. The Morgan fingerprint density at radius 3 is 2.90 bits per heavy atom. The second-order valence-corrected chi connectivity index (χ2v) is 7.91. The van der Waals surface area contributed by atoms with E-state index in [1.54, 1.807) is 18.2 Å². The Hall–Kier alpha value is -0.140. The number of hydrogen-bond donors (Lipinski definition) is 2. The van der Waals surface area contributed by atoms with Crippen molar-refractivity contribution in [2.75, 3.05) is 19.6 Å². The largest absolute Gasteiger partial charge is 0.316 e. The van der Waals surface area contributed by atoms with Gasteiger partial charge in [0.05, 0.1) is 5.02 Å². The monoisotopic (exact) mass is 380 g/mol. The van der Waals surface area contributed by atoms with Crippen LogP contribution in [0, 0.1) is 5.92 Å². The van der Waals surface area contributed by atoms with Gasteiger partial charge < -0.3 is 5.32 Å². The van der Waals surface area contributed by atoms with Crippen molar-refractivity contribution >= 4 is 37.6 Å². The highest BCUT2D eigenvalue weighted by Crippen LogP contribution is 2.29. The highest BCUT2D eigenvalue weighted by molar-refractivity contribution is 9.10. The maximum atomic E-state index is 12.3. The fraction of sp³-hybridized carbons (Fsp3) is 0.538. The standard InChI is InChI=1S/C13H18BrClN2O2S/c14-11-4-1-5-12(15)13(11)20(18,19)17-8-6-10-3-2-7-16-9-10/h1,4-5,10,16-17H,2-3,6-9H2. The molecule has 0 spiro atoms. The molecular formula is C13H18BrClN2O2S. The van der Waals surface area contributed by atoms with Crippen LogP contribution < -0.4 is 10.0 Å². The second-order valence-electron chi connectivity index (χ2n) is 4.95. The predicted molar refractivity (Wildman–Crippen MR) is 84.6 cm³/mol. The van der Waals surface area contributed by atoms with E-state index >= 15 is 0 Å². The Morgan fingerprint density at radius 2 is 2.25 bits per heavy atom. The molecule has 0 radical (unpaired) electrons. The van der Waals surface area contributed by atoms with E-state index < -0.39 is 10.0 Å². The van der Waals surface area contributed by atoms with E-state index in [1.807, 2.05) is 0 Å². The van der Waals surface area contributed by atoms with E-state index in [-0.39, 0.29) is 9.92 Å². The first-order valence-electron chi connectivity index (χ1n) is 6.65. The van der Waals surface area contributed by atoms with Crippen LogP contribution in [0.3, 0.4) is 0 Å². The van der Waals surface area contributed by atoms with E-state index in [2.05, 4.69) is 26.0 Å². The number of nitrogens with one attached hydrogen (secondary N) is 2. The molecule has 1 atom stereocenters. The van der Waals surface area contributed by atoms with Crippen molar-refractivity contribution in [1.29, 1.82) is 0 Å². The van der Waals surface area contributed by atoms with E-state index in [0.717, 1.165) is 32.4 Å². The Labute approximate surface area is 133 Å². The van der Waals surface area contributed by atoms with Crippen molar-refractivity contribution in [3.05, 3.63) is 27.7 Å². The average Bonchev–Trinajstić information content (AvgIpc) is 2.39. The van der Waals surface area contributed by atoms with E-state index in [1.165, 1.54) is 0 Å². The summed E-state index contributed by atoms with van der Waals surface area (Å²) in [7, 11) is -3.57. The maximum absolute atomic E-state index is 12.3. The molecule has 7 heteroatoms. The van der Waals surface area contributed by atoms with Gasteiger partial charge in [0.1, 0.15) is 4.90 Å². The summed E-state index contributed by atoms with van der Waals surface area (Å²) < 4.78 is 27.7. The second kappa shape index (κ2) is 7.22. The SMILES string of the molecule is O=S(=O)(NCCC1CCCNC1)c1c(Cl)cccc1Br. The van der Waals surface area contributed by atoms with Crippen LogP contribution in [0.25, 0.3) is 0 Å². The summed E-state index contributed by atoms with van der Waals surface area (Å²) in [6.45, 7) is 2.47. The fourth-order valence-electron chi connectivity index (χ4n) is 2.38. The first kappa shape index (κ1) is 16.2. The van der Waals surface area contributed by atoms with Crippen molar-refractivity contribution in [2.45, 2.75) is 24.2 Å². The van der Waals surface area contributed by atoms with Crippen molar-refractivity contribution in [3.63, 3.8) is 0 Å². The summed E-state index contributed by atoms with van der Waals surface area (Å²) in [5.41, 5.74) is 0. The first-order chi connectivity index (χ1) is 9.50. The third-order valence-corrected chi connectivity index (χ3v) is 6.34. The van der Waals surface area contributed by atoms with E-state index in [0.29, 0.717) is 16.9 Å². The molecule has 4 nitrogen and oxygen atoms in total. The number of benzene rings is 1. The molecule has 2 rings (SSSR count). The maximum Gasteiger partial charge on any atom is 0.243 e. The minimum atomic E-state index is -3.57. The number of rotatable bonds is 5. The van der Waals surface area contributed by atoms with Gasteiger partial charge in [0.25, 0.3) is 0 Å². The number of halogens is 2. The predicted octanol–water partition coefficient (Wildman–Crippen LogP) is 2.77. The van der Waals surface area contributed by atoms with Crippen LogP contribution in [-0.4, -0.2) is 28.1 Å². The molecule has 0 aliphatic carbocycles. The quantitative estimate of drug-likeness (QED) is 0.824. The summed E-state index contributed by atoms with van der Waals surface area (Å²) >= 11 is 9.22. The summed E-state index contributed by atoms with van der Waals surface area (Å²) in [6, 6.07) is 4.95. The Kier molecular flexibility index (Phi) is 5.86.